The number of aromatic nitrogens is 5. The van der Waals surface area contributed by atoms with E-state index >= 15 is 0 Å². The summed E-state index contributed by atoms with van der Waals surface area (Å²) in [7, 11) is 1.82. The van der Waals surface area contributed by atoms with Crippen molar-refractivity contribution in [3.8, 4) is 5.69 Å². The highest BCUT2D eigenvalue weighted by Crippen LogP contribution is 2.20. The van der Waals surface area contributed by atoms with E-state index in [0.29, 0.717) is 10.7 Å². The highest BCUT2D eigenvalue weighted by Gasteiger charge is 2.27. The van der Waals surface area contributed by atoms with E-state index in [1.807, 2.05) is 37.4 Å². The van der Waals surface area contributed by atoms with Gasteiger partial charge in [-0.1, -0.05) is 28.9 Å². The molecule has 9 nitrogen and oxygen atoms in total. The van der Waals surface area contributed by atoms with Crippen LogP contribution in [-0.4, -0.2) is 62.3 Å². The topological polar surface area (TPSA) is 92.1 Å². The van der Waals surface area contributed by atoms with Crippen LogP contribution in [0.2, 0.25) is 5.02 Å². The number of likely N-dealkylation sites (N-methyl/N-ethyl adjacent to an activating group) is 1. The molecule has 1 atom stereocenters. The van der Waals surface area contributed by atoms with Crippen molar-refractivity contribution in [2.45, 2.75) is 25.4 Å². The van der Waals surface area contributed by atoms with E-state index in [4.69, 9.17) is 11.6 Å². The summed E-state index contributed by atoms with van der Waals surface area (Å²) in [6.07, 6.45) is 5.36. The SMILES string of the molecule is CN(C(=O)NCc1cn(-c2ccccc2Cl)nn1)[C@@H]1CCCN(c2cccnn2)C1. The van der Waals surface area contributed by atoms with Gasteiger partial charge in [0.05, 0.1) is 29.5 Å². The van der Waals surface area contributed by atoms with E-state index < -0.39 is 0 Å². The van der Waals surface area contributed by atoms with E-state index in [9.17, 15) is 4.79 Å². The predicted octanol–water partition coefficient (Wildman–Crippen LogP) is 2.52. The molecule has 4 rings (SSSR count). The number of para-hydroxylation sites is 1. The highest BCUT2D eigenvalue weighted by atomic mass is 35.5. The quantitative estimate of drug-likeness (QED) is 0.674. The van der Waals surface area contributed by atoms with Crippen molar-refractivity contribution in [2.24, 2.45) is 0 Å². The van der Waals surface area contributed by atoms with Gasteiger partial charge in [-0.3, -0.25) is 0 Å². The molecule has 3 heterocycles. The summed E-state index contributed by atoms with van der Waals surface area (Å²) >= 11 is 6.20. The number of halogens is 1. The fourth-order valence-electron chi connectivity index (χ4n) is 3.53. The first-order valence-corrected chi connectivity index (χ1v) is 10.2. The molecule has 0 radical (unpaired) electrons. The molecule has 1 aliphatic rings. The van der Waals surface area contributed by atoms with E-state index in [-0.39, 0.29) is 18.6 Å². The van der Waals surface area contributed by atoms with Crippen LogP contribution in [0.4, 0.5) is 10.6 Å². The number of nitrogens with zero attached hydrogens (tertiary/aromatic N) is 7. The molecule has 0 aliphatic carbocycles. The summed E-state index contributed by atoms with van der Waals surface area (Å²) < 4.78 is 1.60. The van der Waals surface area contributed by atoms with Gasteiger partial charge in [0.2, 0.25) is 0 Å². The Hall–Kier alpha value is -3.20. The molecule has 0 unspecified atom stereocenters. The Morgan fingerprint density at radius 3 is 2.93 bits per heavy atom. The molecular weight excluding hydrogens is 404 g/mol. The number of hydrogen-bond donors (Lipinski definition) is 1. The molecule has 30 heavy (non-hydrogen) atoms. The van der Waals surface area contributed by atoms with Gasteiger partial charge >= 0.3 is 6.03 Å². The van der Waals surface area contributed by atoms with Crippen LogP contribution in [0.1, 0.15) is 18.5 Å². The van der Waals surface area contributed by atoms with Crippen LogP contribution < -0.4 is 10.2 Å². The number of nitrogens with one attached hydrogen (secondary N) is 1. The van der Waals surface area contributed by atoms with Crippen LogP contribution >= 0.6 is 11.6 Å². The van der Waals surface area contributed by atoms with Crippen LogP contribution in [0, 0.1) is 0 Å². The van der Waals surface area contributed by atoms with Gasteiger partial charge in [0.15, 0.2) is 5.82 Å². The molecule has 0 saturated carbocycles. The molecule has 0 spiro atoms. The van der Waals surface area contributed by atoms with E-state index in [1.54, 1.807) is 28.0 Å². The van der Waals surface area contributed by atoms with Crippen molar-refractivity contribution < 1.29 is 4.79 Å². The van der Waals surface area contributed by atoms with Gasteiger partial charge in [-0.15, -0.1) is 10.2 Å². The van der Waals surface area contributed by atoms with Gasteiger partial charge in [-0.05, 0) is 37.1 Å². The normalized spacial score (nSPS) is 16.3. The lowest BCUT2D eigenvalue weighted by Crippen LogP contribution is -2.51. The summed E-state index contributed by atoms with van der Waals surface area (Å²) in [5, 5.41) is 19.9. The molecule has 1 aliphatic heterocycles. The minimum absolute atomic E-state index is 0.0968. The van der Waals surface area contributed by atoms with Gasteiger partial charge in [0.25, 0.3) is 0 Å². The second-order valence-corrected chi connectivity index (χ2v) is 7.61. The minimum atomic E-state index is -0.145. The first kappa shape index (κ1) is 20.1. The van der Waals surface area contributed by atoms with Gasteiger partial charge in [-0.25, -0.2) is 9.48 Å². The molecule has 1 aromatic carbocycles. The fourth-order valence-corrected chi connectivity index (χ4v) is 3.75. The zero-order valence-corrected chi connectivity index (χ0v) is 17.4. The number of amides is 2. The number of anilines is 1. The molecule has 3 aromatic rings. The highest BCUT2D eigenvalue weighted by molar-refractivity contribution is 6.32. The third kappa shape index (κ3) is 4.51. The average molecular weight is 427 g/mol. The minimum Gasteiger partial charge on any atom is -0.353 e. The van der Waals surface area contributed by atoms with Crippen molar-refractivity contribution in [1.82, 2.24) is 35.4 Å². The summed E-state index contributed by atoms with van der Waals surface area (Å²) in [5.41, 5.74) is 1.40. The maximum absolute atomic E-state index is 12.7. The summed E-state index contributed by atoms with van der Waals surface area (Å²) in [6, 6.07) is 11.2. The number of urea groups is 1. The van der Waals surface area contributed by atoms with Crippen molar-refractivity contribution in [2.75, 3.05) is 25.0 Å². The molecule has 1 N–H and O–H groups in total. The smallest absolute Gasteiger partial charge is 0.317 e. The fraction of sp³-hybridized carbons (Fsp3) is 0.350. The second kappa shape index (κ2) is 9.08. The number of piperidine rings is 1. The lowest BCUT2D eigenvalue weighted by Gasteiger charge is -2.37. The molecule has 0 bridgehead atoms. The van der Waals surface area contributed by atoms with Crippen LogP contribution in [0.15, 0.2) is 48.8 Å². The first-order chi connectivity index (χ1) is 14.6. The largest absolute Gasteiger partial charge is 0.353 e. The first-order valence-electron chi connectivity index (χ1n) is 9.81. The third-order valence-corrected chi connectivity index (χ3v) is 5.53. The van der Waals surface area contributed by atoms with Crippen LogP contribution in [0.5, 0.6) is 0 Å². The molecule has 1 fully saturated rings. The molecule has 10 heteroatoms. The van der Waals surface area contributed by atoms with Crippen molar-refractivity contribution in [3.63, 3.8) is 0 Å². The standard InChI is InChI=1S/C20H23ClN8O/c1-27(16-6-5-11-28(14-16)19-9-4-10-23-25-19)20(30)22-12-15-13-29(26-24-15)18-8-3-2-7-17(18)21/h2-4,7-10,13,16H,5-6,11-12,14H2,1H3,(H,22,30)/t16-/m1/s1. The Morgan fingerprint density at radius 2 is 2.13 bits per heavy atom. The molecule has 2 amide bonds. The zero-order chi connectivity index (χ0) is 20.9. The molecule has 2 aromatic heterocycles. The molecule has 156 valence electrons. The van der Waals surface area contributed by atoms with Gasteiger partial charge in [0.1, 0.15) is 5.69 Å². The Morgan fingerprint density at radius 1 is 1.27 bits per heavy atom. The number of rotatable bonds is 5. The van der Waals surface area contributed by atoms with E-state index in [2.05, 4.69) is 30.7 Å². The summed E-state index contributed by atoms with van der Waals surface area (Å²) in [6.45, 7) is 1.93. The van der Waals surface area contributed by atoms with Crippen LogP contribution in [0.3, 0.4) is 0 Å². The predicted molar refractivity (Wildman–Crippen MR) is 114 cm³/mol. The molecule has 1 saturated heterocycles. The van der Waals surface area contributed by atoms with Gasteiger partial charge in [-0.2, -0.15) is 5.10 Å². The van der Waals surface area contributed by atoms with Gasteiger partial charge < -0.3 is 15.1 Å². The van der Waals surface area contributed by atoms with E-state index in [0.717, 1.165) is 37.4 Å². The lowest BCUT2D eigenvalue weighted by atomic mass is 10.0. The number of carbonyl (C=O) groups excluding carboxylic acids is 1. The Kier molecular flexibility index (Phi) is 6.08. The van der Waals surface area contributed by atoms with E-state index in [1.165, 1.54) is 0 Å². The van der Waals surface area contributed by atoms with Crippen LogP contribution in [0.25, 0.3) is 5.69 Å². The summed E-state index contributed by atoms with van der Waals surface area (Å²) in [4.78, 5) is 16.6. The average Bonchev–Trinajstić information content (AvgIpc) is 3.27. The van der Waals surface area contributed by atoms with Crippen molar-refractivity contribution in [3.05, 3.63) is 59.5 Å². The van der Waals surface area contributed by atoms with Crippen LogP contribution in [-0.2, 0) is 6.54 Å². The van der Waals surface area contributed by atoms with Gasteiger partial charge in [0, 0.05) is 26.3 Å². The maximum atomic E-state index is 12.7. The van der Waals surface area contributed by atoms with Crippen molar-refractivity contribution in [1.29, 1.82) is 0 Å². The Labute approximate surface area is 179 Å². The van der Waals surface area contributed by atoms with Crippen molar-refractivity contribution >= 4 is 23.4 Å². The second-order valence-electron chi connectivity index (χ2n) is 7.20. The lowest BCUT2D eigenvalue weighted by molar-refractivity contribution is 0.182. The Bertz CT molecular complexity index is 995. The molecular formula is C20H23ClN8O. The maximum Gasteiger partial charge on any atom is 0.317 e. The third-order valence-electron chi connectivity index (χ3n) is 5.21. The number of hydrogen-bond acceptors (Lipinski definition) is 6. The summed E-state index contributed by atoms with van der Waals surface area (Å²) in [5.74, 6) is 0.840. The monoisotopic (exact) mass is 426 g/mol. The zero-order valence-electron chi connectivity index (χ0n) is 16.6. The number of carbonyl (C=O) groups is 1. The Balaban J connectivity index is 1.33. The number of benzene rings is 1.